The zero-order chi connectivity index (χ0) is 17.9. The van der Waals surface area contributed by atoms with Crippen molar-refractivity contribution in [3.63, 3.8) is 0 Å². The van der Waals surface area contributed by atoms with Crippen molar-refractivity contribution in [1.29, 1.82) is 0 Å². The first kappa shape index (κ1) is 17.1. The maximum Gasteiger partial charge on any atom is 0.253 e. The molecule has 0 bridgehead atoms. The number of fused-ring (bicyclic) bond motifs is 1. The predicted molar refractivity (Wildman–Crippen MR) is 101 cm³/mol. The number of pyridine rings is 1. The Morgan fingerprint density at radius 2 is 2.23 bits per heavy atom. The van der Waals surface area contributed by atoms with Crippen LogP contribution in [0.2, 0.25) is 0 Å². The number of thiazole rings is 1. The van der Waals surface area contributed by atoms with E-state index in [2.05, 4.69) is 20.2 Å². The molecule has 1 aliphatic heterocycles. The Kier molecular flexibility index (Phi) is 4.92. The number of rotatable bonds is 4. The van der Waals surface area contributed by atoms with Crippen molar-refractivity contribution in [2.24, 2.45) is 0 Å². The SMILES string of the molecule is O=C(N[C@@H]1CCN(Cc2cscn2)C[C@H]1O)c1cnc2ccccc2c1. The van der Waals surface area contributed by atoms with E-state index >= 15 is 0 Å². The molecule has 3 heterocycles. The van der Waals surface area contributed by atoms with Crippen LogP contribution < -0.4 is 5.32 Å². The third kappa shape index (κ3) is 3.75. The van der Waals surface area contributed by atoms with Crippen LogP contribution in [0, 0.1) is 0 Å². The number of piperidine rings is 1. The maximum atomic E-state index is 12.6. The molecule has 1 saturated heterocycles. The van der Waals surface area contributed by atoms with E-state index in [9.17, 15) is 9.90 Å². The monoisotopic (exact) mass is 368 g/mol. The normalized spacial score (nSPS) is 21.0. The van der Waals surface area contributed by atoms with Crippen LogP contribution in [0.4, 0.5) is 0 Å². The molecule has 6 nitrogen and oxygen atoms in total. The van der Waals surface area contributed by atoms with Gasteiger partial charge < -0.3 is 10.4 Å². The molecule has 26 heavy (non-hydrogen) atoms. The molecule has 1 amide bonds. The number of carbonyl (C=O) groups excluding carboxylic acids is 1. The second-order valence-electron chi connectivity index (χ2n) is 6.57. The highest BCUT2D eigenvalue weighted by molar-refractivity contribution is 7.07. The van der Waals surface area contributed by atoms with E-state index in [1.807, 2.05) is 41.2 Å². The van der Waals surface area contributed by atoms with Gasteiger partial charge in [-0.05, 0) is 18.6 Å². The van der Waals surface area contributed by atoms with Crippen molar-refractivity contribution in [3.05, 3.63) is 58.7 Å². The molecule has 2 aromatic heterocycles. The van der Waals surface area contributed by atoms with Crippen LogP contribution in [0.5, 0.6) is 0 Å². The van der Waals surface area contributed by atoms with Gasteiger partial charge >= 0.3 is 0 Å². The van der Waals surface area contributed by atoms with Gasteiger partial charge in [0.25, 0.3) is 5.91 Å². The molecule has 0 radical (unpaired) electrons. The first-order valence-corrected chi connectivity index (χ1v) is 9.56. The van der Waals surface area contributed by atoms with E-state index in [4.69, 9.17) is 0 Å². The van der Waals surface area contributed by atoms with Gasteiger partial charge in [0.2, 0.25) is 0 Å². The molecule has 2 N–H and O–H groups in total. The molecular weight excluding hydrogens is 348 g/mol. The Bertz CT molecular complexity index is 899. The number of para-hydroxylation sites is 1. The summed E-state index contributed by atoms with van der Waals surface area (Å²) in [5, 5.41) is 16.4. The van der Waals surface area contributed by atoms with Crippen molar-refractivity contribution in [2.45, 2.75) is 25.1 Å². The summed E-state index contributed by atoms with van der Waals surface area (Å²) in [5.41, 5.74) is 4.21. The molecule has 1 fully saturated rings. The summed E-state index contributed by atoms with van der Waals surface area (Å²) in [7, 11) is 0. The maximum absolute atomic E-state index is 12.6. The second-order valence-corrected chi connectivity index (χ2v) is 7.29. The van der Waals surface area contributed by atoms with Gasteiger partial charge in [-0.3, -0.25) is 14.7 Å². The van der Waals surface area contributed by atoms with Crippen LogP contribution in [-0.4, -0.2) is 51.1 Å². The van der Waals surface area contributed by atoms with Crippen molar-refractivity contribution in [3.8, 4) is 0 Å². The summed E-state index contributed by atoms with van der Waals surface area (Å²) in [5.74, 6) is -0.194. The standard InChI is InChI=1S/C19H20N4O2S/c24-18-10-23(9-15-11-26-12-21-15)6-5-17(18)22-19(25)14-7-13-3-1-2-4-16(13)20-8-14/h1-4,7-8,11-12,17-18,24H,5-6,9-10H2,(H,22,25)/t17-,18-/m1/s1. The van der Waals surface area contributed by atoms with Crippen LogP contribution in [0.3, 0.4) is 0 Å². The minimum Gasteiger partial charge on any atom is -0.390 e. The fourth-order valence-corrected chi connectivity index (χ4v) is 3.85. The average molecular weight is 368 g/mol. The fraction of sp³-hybridized carbons (Fsp3) is 0.316. The van der Waals surface area contributed by atoms with Crippen LogP contribution in [0.1, 0.15) is 22.5 Å². The van der Waals surface area contributed by atoms with Gasteiger partial charge in [0.05, 0.1) is 34.4 Å². The summed E-state index contributed by atoms with van der Waals surface area (Å²) < 4.78 is 0. The molecule has 0 spiro atoms. The van der Waals surface area contributed by atoms with Crippen molar-refractivity contribution < 1.29 is 9.90 Å². The number of carbonyl (C=O) groups is 1. The third-order valence-corrected chi connectivity index (χ3v) is 5.34. The van der Waals surface area contributed by atoms with Gasteiger partial charge in [-0.2, -0.15) is 0 Å². The van der Waals surface area contributed by atoms with Gasteiger partial charge in [-0.25, -0.2) is 4.98 Å². The Labute approximate surface area is 155 Å². The lowest BCUT2D eigenvalue weighted by molar-refractivity contribution is 0.0346. The van der Waals surface area contributed by atoms with Crippen molar-refractivity contribution in [1.82, 2.24) is 20.2 Å². The van der Waals surface area contributed by atoms with Crippen molar-refractivity contribution in [2.75, 3.05) is 13.1 Å². The zero-order valence-corrected chi connectivity index (χ0v) is 15.0. The summed E-state index contributed by atoms with van der Waals surface area (Å²) in [4.78, 5) is 23.3. The lowest BCUT2D eigenvalue weighted by atomic mass is 10.0. The van der Waals surface area contributed by atoms with E-state index in [1.165, 1.54) is 0 Å². The van der Waals surface area contributed by atoms with Gasteiger partial charge in [0.15, 0.2) is 0 Å². The largest absolute Gasteiger partial charge is 0.390 e. The number of β-amino-alcohol motifs (C(OH)–C–C–N with tert-alkyl or cyclic N) is 1. The molecule has 1 aliphatic rings. The topological polar surface area (TPSA) is 78.4 Å². The van der Waals surface area contributed by atoms with Crippen LogP contribution in [0.25, 0.3) is 10.9 Å². The number of hydrogen-bond acceptors (Lipinski definition) is 6. The minimum absolute atomic E-state index is 0.194. The Morgan fingerprint density at radius 1 is 1.35 bits per heavy atom. The first-order valence-electron chi connectivity index (χ1n) is 8.62. The highest BCUT2D eigenvalue weighted by atomic mass is 32.1. The lowest BCUT2D eigenvalue weighted by Crippen LogP contribution is -2.53. The lowest BCUT2D eigenvalue weighted by Gasteiger charge is -2.35. The molecule has 3 aromatic rings. The Hall–Kier alpha value is -2.35. The third-order valence-electron chi connectivity index (χ3n) is 4.70. The molecule has 4 rings (SSSR count). The van der Waals surface area contributed by atoms with Gasteiger partial charge in [0.1, 0.15) is 0 Å². The number of hydrogen-bond donors (Lipinski definition) is 2. The number of aliphatic hydroxyl groups excluding tert-OH is 1. The molecule has 7 heteroatoms. The van der Waals surface area contributed by atoms with E-state index in [-0.39, 0.29) is 11.9 Å². The number of nitrogens with zero attached hydrogens (tertiary/aromatic N) is 3. The average Bonchev–Trinajstić information content (AvgIpc) is 3.16. The quantitative estimate of drug-likeness (QED) is 0.737. The molecular formula is C19H20N4O2S. The molecule has 134 valence electrons. The summed E-state index contributed by atoms with van der Waals surface area (Å²) in [6.07, 6.45) is 1.69. The number of benzene rings is 1. The number of aromatic nitrogens is 2. The van der Waals surface area contributed by atoms with E-state index < -0.39 is 6.10 Å². The van der Waals surface area contributed by atoms with E-state index in [1.54, 1.807) is 17.5 Å². The summed E-state index contributed by atoms with van der Waals surface area (Å²) >= 11 is 1.57. The van der Waals surface area contributed by atoms with E-state index in [0.717, 1.165) is 29.7 Å². The highest BCUT2D eigenvalue weighted by Gasteiger charge is 2.29. The van der Waals surface area contributed by atoms with E-state index in [0.29, 0.717) is 18.5 Å². The fourth-order valence-electron chi connectivity index (χ4n) is 3.30. The summed E-state index contributed by atoms with van der Waals surface area (Å²) in [6, 6.07) is 9.28. The van der Waals surface area contributed by atoms with Gasteiger partial charge in [0, 0.05) is 36.6 Å². The second kappa shape index (κ2) is 7.49. The minimum atomic E-state index is -0.597. The first-order chi connectivity index (χ1) is 12.7. The molecule has 2 atom stereocenters. The van der Waals surface area contributed by atoms with Gasteiger partial charge in [-0.1, -0.05) is 18.2 Å². The van der Waals surface area contributed by atoms with Gasteiger partial charge in [-0.15, -0.1) is 11.3 Å². The Morgan fingerprint density at radius 3 is 3.04 bits per heavy atom. The predicted octanol–water partition coefficient (Wildman–Crippen LogP) is 2.06. The molecule has 0 aliphatic carbocycles. The number of likely N-dealkylation sites (tertiary alicyclic amines) is 1. The highest BCUT2D eigenvalue weighted by Crippen LogP contribution is 2.16. The van der Waals surface area contributed by atoms with Crippen molar-refractivity contribution >= 4 is 28.1 Å². The molecule has 1 aromatic carbocycles. The summed E-state index contributed by atoms with van der Waals surface area (Å²) in [6.45, 7) is 2.07. The zero-order valence-electron chi connectivity index (χ0n) is 14.2. The van der Waals surface area contributed by atoms with Crippen LogP contribution in [0.15, 0.2) is 47.4 Å². The Balaban J connectivity index is 1.38. The van der Waals surface area contributed by atoms with Crippen LogP contribution >= 0.6 is 11.3 Å². The molecule has 0 unspecified atom stereocenters. The van der Waals surface area contributed by atoms with Crippen LogP contribution in [-0.2, 0) is 6.54 Å². The smallest absolute Gasteiger partial charge is 0.253 e. The number of amides is 1. The number of nitrogens with one attached hydrogen (secondary N) is 1. The number of aliphatic hydroxyl groups is 1. The molecule has 0 saturated carbocycles.